The fourth-order valence-electron chi connectivity index (χ4n) is 3.58. The predicted molar refractivity (Wildman–Crippen MR) is 118 cm³/mol. The van der Waals surface area contributed by atoms with Gasteiger partial charge in [0.05, 0.1) is 5.39 Å². The summed E-state index contributed by atoms with van der Waals surface area (Å²) in [7, 11) is 0. The highest BCUT2D eigenvalue weighted by Crippen LogP contribution is 2.33. The molecule has 0 N–H and O–H groups in total. The Hall–Kier alpha value is -3.33. The van der Waals surface area contributed by atoms with Crippen LogP contribution in [0.5, 0.6) is 5.75 Å². The smallest absolute Gasteiger partial charge is 0.235 e. The highest BCUT2D eigenvalue weighted by atomic mass is 16.5. The van der Waals surface area contributed by atoms with E-state index in [1.807, 2.05) is 88.4 Å². The fraction of sp³-hybridized carbons (Fsp3) is 0.192. The molecule has 0 aliphatic rings. The Bertz CT molecular complexity index is 1250. The Morgan fingerprint density at radius 1 is 0.828 bits per heavy atom. The summed E-state index contributed by atoms with van der Waals surface area (Å²) in [6.07, 6.45) is 0. The van der Waals surface area contributed by atoms with Gasteiger partial charge in [-0.15, -0.1) is 0 Å². The van der Waals surface area contributed by atoms with Gasteiger partial charge in [0.2, 0.25) is 11.2 Å². The van der Waals surface area contributed by atoms with Gasteiger partial charge in [-0.05, 0) is 56.0 Å². The van der Waals surface area contributed by atoms with Crippen LogP contribution in [0.4, 0.5) is 0 Å². The number of rotatable bonds is 4. The molecule has 3 nitrogen and oxygen atoms in total. The van der Waals surface area contributed by atoms with Crippen molar-refractivity contribution in [2.24, 2.45) is 0 Å². The molecule has 0 spiro atoms. The van der Waals surface area contributed by atoms with E-state index < -0.39 is 0 Å². The molecule has 0 unspecified atom stereocenters. The van der Waals surface area contributed by atoms with Crippen LogP contribution in [0.25, 0.3) is 22.3 Å². The molecule has 29 heavy (non-hydrogen) atoms. The second kappa shape index (κ2) is 7.59. The highest BCUT2D eigenvalue weighted by molar-refractivity contribution is 5.85. The van der Waals surface area contributed by atoms with Crippen LogP contribution in [0.3, 0.4) is 0 Å². The minimum atomic E-state index is -0.137. The second-order valence-corrected chi connectivity index (χ2v) is 7.63. The maximum absolute atomic E-state index is 13.4. The first kappa shape index (κ1) is 19.0. The summed E-state index contributed by atoms with van der Waals surface area (Å²) < 4.78 is 12.4. The lowest BCUT2D eigenvalue weighted by Gasteiger charge is -2.14. The molecule has 4 rings (SSSR count). The first-order valence-corrected chi connectivity index (χ1v) is 9.76. The maximum atomic E-state index is 13.4. The molecule has 0 bridgehead atoms. The van der Waals surface area contributed by atoms with Gasteiger partial charge < -0.3 is 9.15 Å². The van der Waals surface area contributed by atoms with Crippen molar-refractivity contribution >= 4 is 11.0 Å². The quantitative estimate of drug-likeness (QED) is 0.416. The normalized spacial score (nSPS) is 11.0. The molecule has 0 amide bonds. The van der Waals surface area contributed by atoms with Crippen molar-refractivity contribution < 1.29 is 9.15 Å². The summed E-state index contributed by atoms with van der Waals surface area (Å²) in [5, 5.41) is 0.554. The van der Waals surface area contributed by atoms with E-state index in [2.05, 4.69) is 0 Å². The van der Waals surface area contributed by atoms with Crippen molar-refractivity contribution in [1.82, 2.24) is 0 Å². The maximum Gasteiger partial charge on any atom is 0.235 e. The molecule has 0 aliphatic carbocycles. The van der Waals surface area contributed by atoms with Crippen LogP contribution in [0.1, 0.15) is 27.8 Å². The van der Waals surface area contributed by atoms with Crippen LogP contribution >= 0.6 is 0 Å². The summed E-state index contributed by atoms with van der Waals surface area (Å²) in [6.45, 7) is 8.32. The molecule has 146 valence electrons. The third-order valence-electron chi connectivity index (χ3n) is 5.23. The standard InChI is InChI=1S/C26H24O3/c1-16-9-11-20(12-10-16)25-26(28-15-21-8-6-5-7-18(21)3)23(27)22-14-17(2)13-19(4)24(22)29-25/h5-14H,15H2,1-4H3. The van der Waals surface area contributed by atoms with Crippen LogP contribution in [0.15, 0.2) is 69.9 Å². The molecule has 3 aromatic carbocycles. The van der Waals surface area contributed by atoms with Crippen LogP contribution in [-0.4, -0.2) is 0 Å². The van der Waals surface area contributed by atoms with Gasteiger partial charge in [-0.2, -0.15) is 0 Å². The molecule has 0 atom stereocenters. The van der Waals surface area contributed by atoms with E-state index in [1.165, 1.54) is 0 Å². The minimum absolute atomic E-state index is 0.137. The highest BCUT2D eigenvalue weighted by Gasteiger charge is 2.19. The number of hydrogen-bond acceptors (Lipinski definition) is 3. The molecule has 0 radical (unpaired) electrons. The molecule has 0 fully saturated rings. The third-order valence-corrected chi connectivity index (χ3v) is 5.23. The number of aryl methyl sites for hydroxylation is 4. The van der Waals surface area contributed by atoms with E-state index in [1.54, 1.807) is 0 Å². The van der Waals surface area contributed by atoms with Gasteiger partial charge in [-0.1, -0.05) is 60.2 Å². The van der Waals surface area contributed by atoms with Gasteiger partial charge in [0.1, 0.15) is 12.2 Å². The van der Waals surface area contributed by atoms with Gasteiger partial charge in [0, 0.05) is 5.56 Å². The molecular weight excluding hydrogens is 360 g/mol. The Labute approximate surface area is 170 Å². The van der Waals surface area contributed by atoms with Gasteiger partial charge in [0.15, 0.2) is 5.76 Å². The summed E-state index contributed by atoms with van der Waals surface area (Å²) >= 11 is 0. The predicted octanol–water partition coefficient (Wildman–Crippen LogP) is 6.27. The van der Waals surface area contributed by atoms with Crippen molar-refractivity contribution in [3.63, 3.8) is 0 Å². The Kier molecular flexibility index (Phi) is 4.98. The number of fused-ring (bicyclic) bond motifs is 1. The van der Waals surface area contributed by atoms with Crippen molar-refractivity contribution in [3.05, 3.63) is 98.7 Å². The minimum Gasteiger partial charge on any atom is -0.481 e. The van der Waals surface area contributed by atoms with Crippen molar-refractivity contribution in [1.29, 1.82) is 0 Å². The number of hydrogen-bond donors (Lipinski definition) is 0. The van der Waals surface area contributed by atoms with Crippen LogP contribution in [0, 0.1) is 27.7 Å². The molecule has 0 saturated heterocycles. The van der Waals surface area contributed by atoms with Gasteiger partial charge in [0.25, 0.3) is 0 Å². The number of benzene rings is 3. The van der Waals surface area contributed by atoms with Crippen molar-refractivity contribution in [3.8, 4) is 17.1 Å². The molecule has 1 heterocycles. The lowest BCUT2D eigenvalue weighted by molar-refractivity contribution is 0.297. The van der Waals surface area contributed by atoms with Crippen LogP contribution in [-0.2, 0) is 6.61 Å². The van der Waals surface area contributed by atoms with E-state index in [9.17, 15) is 4.79 Å². The Morgan fingerprint density at radius 3 is 2.28 bits per heavy atom. The zero-order valence-corrected chi connectivity index (χ0v) is 17.2. The first-order chi connectivity index (χ1) is 13.9. The van der Waals surface area contributed by atoms with Gasteiger partial charge >= 0.3 is 0 Å². The fourth-order valence-corrected chi connectivity index (χ4v) is 3.58. The Morgan fingerprint density at radius 2 is 1.55 bits per heavy atom. The van der Waals surface area contributed by atoms with Gasteiger partial charge in [-0.25, -0.2) is 0 Å². The zero-order chi connectivity index (χ0) is 20.5. The summed E-state index contributed by atoms with van der Waals surface area (Å²) in [4.78, 5) is 13.4. The van der Waals surface area contributed by atoms with E-state index in [0.717, 1.165) is 33.4 Å². The molecule has 4 aromatic rings. The average Bonchev–Trinajstić information content (AvgIpc) is 2.69. The second-order valence-electron chi connectivity index (χ2n) is 7.63. The monoisotopic (exact) mass is 384 g/mol. The van der Waals surface area contributed by atoms with E-state index in [4.69, 9.17) is 9.15 Å². The van der Waals surface area contributed by atoms with E-state index in [-0.39, 0.29) is 11.2 Å². The average molecular weight is 384 g/mol. The third kappa shape index (κ3) is 3.68. The van der Waals surface area contributed by atoms with Crippen molar-refractivity contribution in [2.45, 2.75) is 34.3 Å². The molecule has 1 aromatic heterocycles. The number of ether oxygens (including phenoxy) is 1. The largest absolute Gasteiger partial charge is 0.481 e. The molecule has 0 aliphatic heterocycles. The topological polar surface area (TPSA) is 39.4 Å². The lowest BCUT2D eigenvalue weighted by Crippen LogP contribution is -2.11. The van der Waals surface area contributed by atoms with Gasteiger partial charge in [-0.3, -0.25) is 4.79 Å². The molecular formula is C26H24O3. The molecule has 3 heteroatoms. The summed E-state index contributed by atoms with van der Waals surface area (Å²) in [6, 6.07) is 19.8. The summed E-state index contributed by atoms with van der Waals surface area (Å²) in [5.41, 5.74) is 6.58. The first-order valence-electron chi connectivity index (χ1n) is 9.76. The summed E-state index contributed by atoms with van der Waals surface area (Å²) in [5.74, 6) is 0.734. The molecule has 0 saturated carbocycles. The SMILES string of the molecule is Cc1ccc(-c2oc3c(C)cc(C)cc3c(=O)c2OCc2ccccc2C)cc1. The van der Waals surface area contributed by atoms with Crippen LogP contribution < -0.4 is 10.2 Å². The Balaban J connectivity index is 1.91. The zero-order valence-electron chi connectivity index (χ0n) is 17.2. The lowest BCUT2D eigenvalue weighted by atomic mass is 10.0. The van der Waals surface area contributed by atoms with Crippen LogP contribution in [0.2, 0.25) is 0 Å². The van der Waals surface area contributed by atoms with Crippen molar-refractivity contribution in [2.75, 3.05) is 0 Å². The van der Waals surface area contributed by atoms with E-state index in [0.29, 0.717) is 23.3 Å². The van der Waals surface area contributed by atoms with E-state index >= 15 is 0 Å².